The van der Waals surface area contributed by atoms with Crippen LogP contribution in [0.2, 0.25) is 0 Å². The van der Waals surface area contributed by atoms with E-state index in [1.165, 1.54) is 0 Å². The number of nitrogens with one attached hydrogen (secondary N) is 1. The predicted molar refractivity (Wildman–Crippen MR) is 68.1 cm³/mol. The first-order valence-corrected chi connectivity index (χ1v) is 5.62. The summed E-state index contributed by atoms with van der Waals surface area (Å²) >= 11 is 0. The Morgan fingerprint density at radius 3 is 2.22 bits per heavy atom. The molecule has 0 saturated carbocycles. The predicted octanol–water partition coefficient (Wildman–Crippen LogP) is 1.52. The van der Waals surface area contributed by atoms with Crippen LogP contribution in [0.1, 0.15) is 27.6 Å². The van der Waals surface area contributed by atoms with Gasteiger partial charge in [0.2, 0.25) is 0 Å². The Morgan fingerprint density at radius 1 is 1.11 bits per heavy atom. The molecule has 1 unspecified atom stereocenters. The molecule has 1 atom stereocenters. The molecule has 0 fully saturated rings. The molecule has 0 saturated heterocycles. The van der Waals surface area contributed by atoms with Crippen molar-refractivity contribution < 1.29 is 9.90 Å². The van der Waals surface area contributed by atoms with Crippen molar-refractivity contribution in [1.82, 2.24) is 10.3 Å². The summed E-state index contributed by atoms with van der Waals surface area (Å²) in [6, 6.07) is 10.4. The number of hydrogen-bond acceptors (Lipinski definition) is 3. The molecule has 1 aromatic heterocycles. The van der Waals surface area contributed by atoms with E-state index in [0.717, 1.165) is 11.1 Å². The molecule has 4 heteroatoms. The van der Waals surface area contributed by atoms with Gasteiger partial charge in [-0.05, 0) is 35.4 Å². The van der Waals surface area contributed by atoms with Gasteiger partial charge in [-0.1, -0.05) is 12.1 Å². The lowest BCUT2D eigenvalue weighted by molar-refractivity contribution is 0.0963. The van der Waals surface area contributed by atoms with Gasteiger partial charge in [0.1, 0.15) is 6.10 Å². The number of hydrogen-bond donors (Lipinski definition) is 2. The molecular weight excluding hydrogens is 228 g/mol. The second-order valence-electron chi connectivity index (χ2n) is 3.88. The van der Waals surface area contributed by atoms with Gasteiger partial charge in [0.05, 0.1) is 0 Å². The number of amides is 1. The van der Waals surface area contributed by atoms with Crippen molar-refractivity contribution in [2.75, 3.05) is 7.05 Å². The number of nitrogens with zero attached hydrogens (tertiary/aromatic N) is 1. The SMILES string of the molecule is CNC(=O)c1ccc(C(O)c2ccncc2)cc1. The van der Waals surface area contributed by atoms with E-state index in [0.29, 0.717) is 5.56 Å². The fourth-order valence-electron chi connectivity index (χ4n) is 1.70. The van der Waals surface area contributed by atoms with Crippen LogP contribution in [0.15, 0.2) is 48.8 Å². The number of aliphatic hydroxyl groups is 1. The van der Waals surface area contributed by atoms with E-state index >= 15 is 0 Å². The minimum atomic E-state index is -0.702. The highest BCUT2D eigenvalue weighted by Crippen LogP contribution is 2.21. The minimum Gasteiger partial charge on any atom is -0.384 e. The van der Waals surface area contributed by atoms with Gasteiger partial charge < -0.3 is 10.4 Å². The fourth-order valence-corrected chi connectivity index (χ4v) is 1.70. The van der Waals surface area contributed by atoms with E-state index in [9.17, 15) is 9.90 Å². The highest BCUT2D eigenvalue weighted by Gasteiger charge is 2.10. The second kappa shape index (κ2) is 5.42. The molecule has 0 aliphatic carbocycles. The summed E-state index contributed by atoms with van der Waals surface area (Å²) in [7, 11) is 1.59. The Morgan fingerprint density at radius 2 is 1.67 bits per heavy atom. The zero-order valence-electron chi connectivity index (χ0n) is 10.00. The Hall–Kier alpha value is -2.20. The van der Waals surface area contributed by atoms with Crippen LogP contribution < -0.4 is 5.32 Å². The van der Waals surface area contributed by atoms with Crippen molar-refractivity contribution in [1.29, 1.82) is 0 Å². The first-order valence-electron chi connectivity index (χ1n) is 5.62. The van der Waals surface area contributed by atoms with Crippen molar-refractivity contribution in [3.63, 3.8) is 0 Å². The molecule has 0 spiro atoms. The van der Waals surface area contributed by atoms with Crippen LogP contribution in [0.4, 0.5) is 0 Å². The van der Waals surface area contributed by atoms with Crippen LogP contribution in [0.25, 0.3) is 0 Å². The van der Waals surface area contributed by atoms with Gasteiger partial charge >= 0.3 is 0 Å². The third-order valence-corrected chi connectivity index (χ3v) is 2.74. The molecule has 1 aromatic carbocycles. The number of aromatic nitrogens is 1. The molecule has 0 bridgehead atoms. The second-order valence-corrected chi connectivity index (χ2v) is 3.88. The Kier molecular flexibility index (Phi) is 3.69. The van der Waals surface area contributed by atoms with Crippen LogP contribution >= 0.6 is 0 Å². The van der Waals surface area contributed by atoms with Crippen molar-refractivity contribution in [3.8, 4) is 0 Å². The van der Waals surface area contributed by atoms with E-state index in [2.05, 4.69) is 10.3 Å². The molecule has 18 heavy (non-hydrogen) atoms. The molecule has 4 nitrogen and oxygen atoms in total. The monoisotopic (exact) mass is 242 g/mol. The lowest BCUT2D eigenvalue weighted by Crippen LogP contribution is -2.17. The molecule has 92 valence electrons. The fraction of sp³-hybridized carbons (Fsp3) is 0.143. The van der Waals surface area contributed by atoms with Gasteiger partial charge in [0, 0.05) is 25.0 Å². The summed E-state index contributed by atoms with van der Waals surface area (Å²) in [4.78, 5) is 15.3. The van der Waals surface area contributed by atoms with Crippen molar-refractivity contribution in [2.24, 2.45) is 0 Å². The molecule has 1 amide bonds. The molecule has 2 aromatic rings. The number of rotatable bonds is 3. The third kappa shape index (κ3) is 2.55. The van der Waals surface area contributed by atoms with Crippen LogP contribution in [-0.2, 0) is 0 Å². The largest absolute Gasteiger partial charge is 0.384 e. The standard InChI is InChI=1S/C14H14N2O2/c1-15-14(18)12-4-2-10(3-5-12)13(17)11-6-8-16-9-7-11/h2-9,13,17H,1H3,(H,15,18). The van der Waals surface area contributed by atoms with Crippen LogP contribution in [0, 0.1) is 0 Å². The van der Waals surface area contributed by atoms with Gasteiger partial charge in [-0.2, -0.15) is 0 Å². The summed E-state index contributed by atoms with van der Waals surface area (Å²) < 4.78 is 0. The van der Waals surface area contributed by atoms with Gasteiger partial charge in [0.25, 0.3) is 5.91 Å². The lowest BCUT2D eigenvalue weighted by atomic mass is 10.0. The molecule has 0 radical (unpaired) electrons. The molecule has 2 rings (SSSR count). The quantitative estimate of drug-likeness (QED) is 0.857. The molecule has 0 aliphatic heterocycles. The van der Waals surface area contributed by atoms with E-state index in [1.807, 2.05) is 0 Å². The van der Waals surface area contributed by atoms with Crippen molar-refractivity contribution >= 4 is 5.91 Å². The summed E-state index contributed by atoms with van der Waals surface area (Å²) in [5.74, 6) is -0.139. The highest BCUT2D eigenvalue weighted by atomic mass is 16.3. The Balaban J connectivity index is 2.22. The van der Waals surface area contributed by atoms with Crippen LogP contribution in [0.3, 0.4) is 0 Å². The van der Waals surface area contributed by atoms with Gasteiger partial charge in [0.15, 0.2) is 0 Å². The lowest BCUT2D eigenvalue weighted by Gasteiger charge is -2.11. The summed E-state index contributed by atoms with van der Waals surface area (Å²) in [5.41, 5.74) is 2.09. The number of carbonyl (C=O) groups is 1. The summed E-state index contributed by atoms with van der Waals surface area (Å²) in [5, 5.41) is 12.7. The number of aliphatic hydroxyl groups excluding tert-OH is 1. The topological polar surface area (TPSA) is 62.2 Å². The average Bonchev–Trinajstić information content (AvgIpc) is 2.47. The maximum absolute atomic E-state index is 11.4. The zero-order valence-corrected chi connectivity index (χ0v) is 10.00. The maximum atomic E-state index is 11.4. The zero-order chi connectivity index (χ0) is 13.0. The van der Waals surface area contributed by atoms with Crippen LogP contribution in [0.5, 0.6) is 0 Å². The van der Waals surface area contributed by atoms with Gasteiger partial charge in [-0.3, -0.25) is 9.78 Å². The van der Waals surface area contributed by atoms with E-state index in [4.69, 9.17) is 0 Å². The Labute approximate surface area is 105 Å². The number of pyridine rings is 1. The minimum absolute atomic E-state index is 0.139. The van der Waals surface area contributed by atoms with Gasteiger partial charge in [-0.25, -0.2) is 0 Å². The molecule has 1 heterocycles. The maximum Gasteiger partial charge on any atom is 0.251 e. The average molecular weight is 242 g/mol. The van der Waals surface area contributed by atoms with E-state index < -0.39 is 6.10 Å². The normalized spacial score (nSPS) is 11.9. The Bertz CT molecular complexity index is 523. The van der Waals surface area contributed by atoms with E-state index in [1.54, 1.807) is 55.8 Å². The summed E-state index contributed by atoms with van der Waals surface area (Å²) in [6.45, 7) is 0. The summed E-state index contributed by atoms with van der Waals surface area (Å²) in [6.07, 6.45) is 2.57. The molecule has 2 N–H and O–H groups in total. The first-order chi connectivity index (χ1) is 8.72. The van der Waals surface area contributed by atoms with Crippen LogP contribution in [-0.4, -0.2) is 23.0 Å². The van der Waals surface area contributed by atoms with E-state index in [-0.39, 0.29) is 5.91 Å². The smallest absolute Gasteiger partial charge is 0.251 e. The van der Waals surface area contributed by atoms with Crippen molar-refractivity contribution in [3.05, 3.63) is 65.5 Å². The number of benzene rings is 1. The number of carbonyl (C=O) groups excluding carboxylic acids is 1. The van der Waals surface area contributed by atoms with Crippen molar-refractivity contribution in [2.45, 2.75) is 6.10 Å². The highest BCUT2D eigenvalue weighted by molar-refractivity contribution is 5.93. The third-order valence-electron chi connectivity index (χ3n) is 2.74. The molecule has 0 aliphatic rings. The molecular formula is C14H14N2O2. The van der Waals surface area contributed by atoms with Gasteiger partial charge in [-0.15, -0.1) is 0 Å². The first kappa shape index (κ1) is 12.3.